The van der Waals surface area contributed by atoms with Crippen LogP contribution >= 0.6 is 0 Å². The molecule has 0 aliphatic heterocycles. The number of nitrogens with two attached hydrogens (primary N) is 1. The molecule has 0 aromatic rings. The molecule has 1 aliphatic rings. The summed E-state index contributed by atoms with van der Waals surface area (Å²) in [5.41, 5.74) is 5.60. The molecule has 19 heavy (non-hydrogen) atoms. The average molecular weight is 281 g/mol. The maximum absolute atomic E-state index is 12.1. The molecule has 1 aliphatic carbocycles. The highest BCUT2D eigenvalue weighted by Crippen LogP contribution is 2.30. The minimum absolute atomic E-state index is 0.0714. The van der Waals surface area contributed by atoms with Crippen molar-refractivity contribution in [1.82, 2.24) is 10.2 Å². The summed E-state index contributed by atoms with van der Waals surface area (Å²) in [6.45, 7) is -0.0474. The van der Waals surface area contributed by atoms with Crippen molar-refractivity contribution < 1.29 is 18.0 Å². The SMILES string of the molecule is CN(CCNC(=O)[C@@H]1CCC[C@@H]1CN)CC(F)(F)F. The van der Waals surface area contributed by atoms with E-state index in [0.717, 1.165) is 24.2 Å². The number of likely N-dealkylation sites (N-methyl/N-ethyl adjacent to an activating group) is 1. The van der Waals surface area contributed by atoms with Crippen LogP contribution in [-0.2, 0) is 4.79 Å². The Kier molecular flexibility index (Phi) is 6.06. The molecule has 0 heterocycles. The third-order valence-electron chi connectivity index (χ3n) is 3.54. The Balaban J connectivity index is 2.23. The van der Waals surface area contributed by atoms with Crippen LogP contribution in [0.15, 0.2) is 0 Å². The molecule has 1 amide bonds. The van der Waals surface area contributed by atoms with E-state index in [1.54, 1.807) is 0 Å². The number of hydrogen-bond donors (Lipinski definition) is 2. The lowest BCUT2D eigenvalue weighted by Gasteiger charge is -2.20. The summed E-state index contributed by atoms with van der Waals surface area (Å²) in [4.78, 5) is 13.0. The van der Waals surface area contributed by atoms with Crippen molar-refractivity contribution in [1.29, 1.82) is 0 Å². The zero-order valence-corrected chi connectivity index (χ0v) is 11.2. The Morgan fingerprint density at radius 3 is 2.68 bits per heavy atom. The maximum atomic E-state index is 12.1. The van der Waals surface area contributed by atoms with Crippen LogP contribution in [0.4, 0.5) is 13.2 Å². The van der Waals surface area contributed by atoms with Crippen LogP contribution < -0.4 is 11.1 Å². The molecule has 2 atom stereocenters. The molecule has 0 radical (unpaired) electrons. The molecule has 4 nitrogen and oxygen atoms in total. The number of amides is 1. The number of nitrogens with zero attached hydrogens (tertiary/aromatic N) is 1. The predicted octanol–water partition coefficient (Wildman–Crippen LogP) is 0.972. The highest BCUT2D eigenvalue weighted by Gasteiger charge is 2.32. The van der Waals surface area contributed by atoms with E-state index >= 15 is 0 Å². The van der Waals surface area contributed by atoms with Gasteiger partial charge in [0.25, 0.3) is 0 Å². The van der Waals surface area contributed by atoms with Crippen LogP contribution in [0, 0.1) is 11.8 Å². The van der Waals surface area contributed by atoms with Gasteiger partial charge in [-0.2, -0.15) is 13.2 Å². The first-order valence-electron chi connectivity index (χ1n) is 6.56. The Morgan fingerprint density at radius 2 is 2.11 bits per heavy atom. The summed E-state index contributed by atoms with van der Waals surface area (Å²) in [5.74, 6) is 0.0687. The monoisotopic (exact) mass is 281 g/mol. The van der Waals surface area contributed by atoms with Crippen LogP contribution in [0.3, 0.4) is 0 Å². The molecule has 0 aromatic heterocycles. The molecule has 0 bridgehead atoms. The van der Waals surface area contributed by atoms with Gasteiger partial charge < -0.3 is 11.1 Å². The fraction of sp³-hybridized carbons (Fsp3) is 0.917. The highest BCUT2D eigenvalue weighted by molar-refractivity contribution is 5.79. The second-order valence-corrected chi connectivity index (χ2v) is 5.18. The van der Waals surface area contributed by atoms with E-state index in [1.165, 1.54) is 7.05 Å². The van der Waals surface area contributed by atoms with Crippen LogP contribution in [0.2, 0.25) is 0 Å². The molecular formula is C12H22F3N3O. The first-order chi connectivity index (χ1) is 8.83. The first-order valence-corrected chi connectivity index (χ1v) is 6.56. The number of nitrogens with one attached hydrogen (secondary N) is 1. The molecule has 1 saturated carbocycles. The standard InChI is InChI=1S/C12H22F3N3O/c1-18(8-12(13,14)15)6-5-17-11(19)10-4-2-3-9(10)7-16/h9-10H,2-8,16H2,1H3,(H,17,19)/t9-,10-/m1/s1. The minimum atomic E-state index is -4.20. The molecule has 0 spiro atoms. The largest absolute Gasteiger partial charge is 0.401 e. The van der Waals surface area contributed by atoms with Gasteiger partial charge in [-0.05, 0) is 32.4 Å². The van der Waals surface area contributed by atoms with E-state index in [1.807, 2.05) is 0 Å². The van der Waals surface area contributed by atoms with Gasteiger partial charge in [-0.15, -0.1) is 0 Å². The fourth-order valence-electron chi connectivity index (χ4n) is 2.55. The van der Waals surface area contributed by atoms with Crippen molar-refractivity contribution in [2.75, 3.05) is 33.2 Å². The van der Waals surface area contributed by atoms with E-state index in [2.05, 4.69) is 5.32 Å². The number of rotatable bonds is 6. The van der Waals surface area contributed by atoms with Crippen molar-refractivity contribution in [3.63, 3.8) is 0 Å². The molecule has 0 unspecified atom stereocenters. The lowest BCUT2D eigenvalue weighted by molar-refractivity contribution is -0.142. The van der Waals surface area contributed by atoms with Gasteiger partial charge in [-0.25, -0.2) is 0 Å². The van der Waals surface area contributed by atoms with Crippen molar-refractivity contribution in [2.24, 2.45) is 17.6 Å². The van der Waals surface area contributed by atoms with Gasteiger partial charge in [0, 0.05) is 19.0 Å². The predicted molar refractivity (Wildman–Crippen MR) is 66.4 cm³/mol. The van der Waals surface area contributed by atoms with Crippen LogP contribution in [-0.4, -0.2) is 50.2 Å². The molecule has 0 aromatic carbocycles. The van der Waals surface area contributed by atoms with E-state index in [-0.39, 0.29) is 30.8 Å². The number of alkyl halides is 3. The summed E-state index contributed by atoms with van der Waals surface area (Å²) in [6.07, 6.45) is -1.42. The Labute approximate surface area is 111 Å². The van der Waals surface area contributed by atoms with Crippen molar-refractivity contribution >= 4 is 5.91 Å². The second kappa shape index (κ2) is 7.09. The van der Waals surface area contributed by atoms with Crippen molar-refractivity contribution in [3.05, 3.63) is 0 Å². The third kappa shape index (κ3) is 5.78. The lowest BCUT2D eigenvalue weighted by atomic mass is 9.95. The van der Waals surface area contributed by atoms with Crippen LogP contribution in [0.25, 0.3) is 0 Å². The molecule has 112 valence electrons. The lowest BCUT2D eigenvalue weighted by Crippen LogP contribution is -2.40. The van der Waals surface area contributed by atoms with E-state index < -0.39 is 12.7 Å². The summed E-state index contributed by atoms with van der Waals surface area (Å²) in [6, 6.07) is 0. The summed E-state index contributed by atoms with van der Waals surface area (Å²) in [5, 5.41) is 2.70. The van der Waals surface area contributed by atoms with Crippen LogP contribution in [0.1, 0.15) is 19.3 Å². The molecule has 3 N–H and O–H groups in total. The maximum Gasteiger partial charge on any atom is 0.401 e. The van der Waals surface area contributed by atoms with E-state index in [9.17, 15) is 18.0 Å². The number of carbonyl (C=O) groups is 1. The van der Waals surface area contributed by atoms with Gasteiger partial charge in [0.1, 0.15) is 0 Å². The van der Waals surface area contributed by atoms with Gasteiger partial charge in [0.2, 0.25) is 5.91 Å². The molecule has 1 rings (SSSR count). The first kappa shape index (κ1) is 16.2. The topological polar surface area (TPSA) is 58.4 Å². The number of carbonyl (C=O) groups excluding carboxylic acids is 1. The number of hydrogen-bond acceptors (Lipinski definition) is 3. The number of halogens is 3. The van der Waals surface area contributed by atoms with Crippen molar-refractivity contribution in [2.45, 2.75) is 25.4 Å². The molecule has 0 saturated heterocycles. The summed E-state index contributed by atoms with van der Waals surface area (Å²) >= 11 is 0. The van der Waals surface area contributed by atoms with Gasteiger partial charge in [-0.1, -0.05) is 6.42 Å². The summed E-state index contributed by atoms with van der Waals surface area (Å²) < 4.78 is 36.3. The zero-order valence-electron chi connectivity index (χ0n) is 11.2. The molecule has 1 fully saturated rings. The Bertz CT molecular complexity index is 296. The molecular weight excluding hydrogens is 259 g/mol. The molecule has 7 heteroatoms. The minimum Gasteiger partial charge on any atom is -0.355 e. The average Bonchev–Trinajstić information content (AvgIpc) is 2.74. The van der Waals surface area contributed by atoms with Crippen molar-refractivity contribution in [3.8, 4) is 0 Å². The van der Waals surface area contributed by atoms with E-state index in [0.29, 0.717) is 6.54 Å². The second-order valence-electron chi connectivity index (χ2n) is 5.18. The third-order valence-corrected chi connectivity index (χ3v) is 3.54. The smallest absolute Gasteiger partial charge is 0.355 e. The highest BCUT2D eigenvalue weighted by atomic mass is 19.4. The zero-order chi connectivity index (χ0) is 14.5. The Hall–Kier alpha value is -0.820. The van der Waals surface area contributed by atoms with Gasteiger partial charge in [0.15, 0.2) is 0 Å². The fourth-order valence-corrected chi connectivity index (χ4v) is 2.55. The quantitative estimate of drug-likeness (QED) is 0.763. The van der Waals surface area contributed by atoms with Gasteiger partial charge in [0.05, 0.1) is 6.54 Å². The van der Waals surface area contributed by atoms with Gasteiger partial charge in [-0.3, -0.25) is 9.69 Å². The van der Waals surface area contributed by atoms with E-state index in [4.69, 9.17) is 5.73 Å². The normalized spacial score (nSPS) is 23.9. The Morgan fingerprint density at radius 1 is 1.42 bits per heavy atom. The van der Waals surface area contributed by atoms with Gasteiger partial charge >= 0.3 is 6.18 Å². The van der Waals surface area contributed by atoms with Crippen LogP contribution in [0.5, 0.6) is 0 Å². The summed E-state index contributed by atoms with van der Waals surface area (Å²) in [7, 11) is 1.39.